The normalized spacial score (nSPS) is 11.1. The molecule has 0 unspecified atom stereocenters. The number of hydrogen-bond donors (Lipinski definition) is 1. The van der Waals surface area contributed by atoms with E-state index < -0.39 is 46.8 Å². The first-order valence-electron chi connectivity index (χ1n) is 8.03. The van der Waals surface area contributed by atoms with Crippen LogP contribution < -0.4 is 5.32 Å². The number of anilines is 1. The molecule has 6 nitrogen and oxygen atoms in total. The number of ketones is 1. The number of nitrogens with one attached hydrogen (secondary N) is 1. The van der Waals surface area contributed by atoms with Gasteiger partial charge in [-0.05, 0) is 30.3 Å². The predicted molar refractivity (Wildman–Crippen MR) is 93.8 cm³/mol. The smallest absolute Gasteiger partial charge is 0.417 e. The van der Waals surface area contributed by atoms with Crippen LogP contribution in [0.4, 0.5) is 23.4 Å². The lowest BCUT2D eigenvalue weighted by Gasteiger charge is -2.10. The van der Waals surface area contributed by atoms with Crippen molar-refractivity contribution in [2.75, 3.05) is 11.9 Å². The van der Waals surface area contributed by atoms with Gasteiger partial charge < -0.3 is 10.1 Å². The Bertz CT molecular complexity index is 917. The Morgan fingerprint density at radius 1 is 1.10 bits per heavy atom. The molecule has 0 fully saturated rings. The van der Waals surface area contributed by atoms with Crippen molar-refractivity contribution in [2.45, 2.75) is 19.0 Å². The number of rotatable bonds is 7. The molecule has 0 radical (unpaired) electrons. The molecule has 0 aliphatic heterocycles. The van der Waals surface area contributed by atoms with Gasteiger partial charge in [-0.15, -0.1) is 0 Å². The van der Waals surface area contributed by atoms with Crippen molar-refractivity contribution < 1.29 is 36.7 Å². The van der Waals surface area contributed by atoms with Gasteiger partial charge in [-0.3, -0.25) is 14.4 Å². The molecule has 29 heavy (non-hydrogen) atoms. The SMILES string of the molecule is O=C(COC(=O)CCC(=O)c1ccc(F)cc1)Nc1ncc(C(F)(F)F)cc1Cl. The maximum atomic E-state index is 12.8. The number of pyridine rings is 1. The molecule has 1 aromatic carbocycles. The first-order chi connectivity index (χ1) is 13.6. The number of amides is 1. The minimum atomic E-state index is -4.64. The molecule has 0 aliphatic rings. The van der Waals surface area contributed by atoms with E-state index in [0.717, 1.165) is 12.1 Å². The lowest BCUT2D eigenvalue weighted by atomic mass is 10.1. The van der Waals surface area contributed by atoms with E-state index in [0.29, 0.717) is 12.3 Å². The summed E-state index contributed by atoms with van der Waals surface area (Å²) in [5.41, 5.74) is -0.863. The van der Waals surface area contributed by atoms with Gasteiger partial charge in [-0.1, -0.05) is 11.6 Å². The second kappa shape index (κ2) is 9.46. The molecule has 0 saturated carbocycles. The fourth-order valence-electron chi connectivity index (χ4n) is 2.07. The molecule has 1 N–H and O–H groups in total. The molecular formula is C18H13ClF4N2O4. The van der Waals surface area contributed by atoms with Crippen molar-refractivity contribution in [3.05, 3.63) is 58.5 Å². The Kier molecular flexibility index (Phi) is 7.27. The van der Waals surface area contributed by atoms with Crippen LogP contribution in [0.5, 0.6) is 0 Å². The summed E-state index contributed by atoms with van der Waals surface area (Å²) in [6.45, 7) is -0.747. The van der Waals surface area contributed by atoms with Gasteiger partial charge in [0.15, 0.2) is 18.2 Å². The van der Waals surface area contributed by atoms with E-state index in [1.807, 2.05) is 0 Å². The number of carbonyl (C=O) groups is 3. The highest BCUT2D eigenvalue weighted by Gasteiger charge is 2.31. The summed E-state index contributed by atoms with van der Waals surface area (Å²) in [7, 11) is 0. The van der Waals surface area contributed by atoms with Gasteiger partial charge in [-0.25, -0.2) is 9.37 Å². The lowest BCUT2D eigenvalue weighted by Crippen LogP contribution is -2.22. The average molecular weight is 433 g/mol. The van der Waals surface area contributed by atoms with Crippen molar-refractivity contribution in [3.8, 4) is 0 Å². The number of carbonyl (C=O) groups excluding carboxylic acids is 3. The third-order valence-corrected chi connectivity index (χ3v) is 3.80. The molecular weight excluding hydrogens is 420 g/mol. The summed E-state index contributed by atoms with van der Waals surface area (Å²) in [4.78, 5) is 38.6. The van der Waals surface area contributed by atoms with Crippen LogP contribution in [0.1, 0.15) is 28.8 Å². The Morgan fingerprint density at radius 3 is 2.34 bits per heavy atom. The van der Waals surface area contributed by atoms with E-state index >= 15 is 0 Å². The maximum Gasteiger partial charge on any atom is 0.417 e. The zero-order valence-electron chi connectivity index (χ0n) is 14.6. The first-order valence-corrected chi connectivity index (χ1v) is 8.41. The maximum absolute atomic E-state index is 12.8. The zero-order valence-corrected chi connectivity index (χ0v) is 15.3. The van der Waals surface area contributed by atoms with Gasteiger partial charge in [0.25, 0.3) is 5.91 Å². The van der Waals surface area contributed by atoms with E-state index in [-0.39, 0.29) is 24.2 Å². The molecule has 11 heteroatoms. The Morgan fingerprint density at radius 2 is 1.76 bits per heavy atom. The Balaban J connectivity index is 1.79. The van der Waals surface area contributed by atoms with Crippen LogP contribution in [-0.2, 0) is 20.5 Å². The van der Waals surface area contributed by atoms with Crippen LogP contribution in [-0.4, -0.2) is 29.3 Å². The highest BCUT2D eigenvalue weighted by molar-refractivity contribution is 6.33. The molecule has 0 saturated heterocycles. The molecule has 0 aliphatic carbocycles. The van der Waals surface area contributed by atoms with Crippen LogP contribution >= 0.6 is 11.6 Å². The van der Waals surface area contributed by atoms with E-state index in [2.05, 4.69) is 15.0 Å². The summed E-state index contributed by atoms with van der Waals surface area (Å²) < 4.78 is 55.1. The number of nitrogens with zero attached hydrogens (tertiary/aromatic N) is 1. The van der Waals surface area contributed by atoms with E-state index in [4.69, 9.17) is 11.6 Å². The van der Waals surface area contributed by atoms with Gasteiger partial charge >= 0.3 is 12.1 Å². The number of Topliss-reactive ketones (excluding diaryl/α,β-unsaturated/α-hetero) is 1. The number of halogens is 5. The van der Waals surface area contributed by atoms with Crippen molar-refractivity contribution >= 4 is 35.1 Å². The number of alkyl halides is 3. The molecule has 0 spiro atoms. The van der Waals surface area contributed by atoms with Gasteiger partial charge in [0.1, 0.15) is 5.82 Å². The molecule has 1 aromatic heterocycles. The Hall–Kier alpha value is -3.01. The summed E-state index contributed by atoms with van der Waals surface area (Å²) in [6, 6.07) is 5.36. The molecule has 1 amide bonds. The monoisotopic (exact) mass is 432 g/mol. The third-order valence-electron chi connectivity index (χ3n) is 3.51. The molecule has 2 rings (SSSR count). The topological polar surface area (TPSA) is 85.4 Å². The zero-order chi connectivity index (χ0) is 21.6. The highest BCUT2D eigenvalue weighted by Crippen LogP contribution is 2.32. The minimum Gasteiger partial charge on any atom is -0.456 e. The fraction of sp³-hybridized carbons (Fsp3) is 0.222. The fourth-order valence-corrected chi connectivity index (χ4v) is 2.28. The van der Waals surface area contributed by atoms with Crippen molar-refractivity contribution in [1.82, 2.24) is 4.98 Å². The largest absolute Gasteiger partial charge is 0.456 e. The summed E-state index contributed by atoms with van der Waals surface area (Å²) in [5.74, 6) is -2.96. The molecule has 0 bridgehead atoms. The van der Waals surface area contributed by atoms with Gasteiger partial charge in [0, 0.05) is 18.2 Å². The number of ether oxygens (including phenoxy) is 1. The van der Waals surface area contributed by atoms with Gasteiger partial charge in [0.2, 0.25) is 0 Å². The minimum absolute atomic E-state index is 0.210. The van der Waals surface area contributed by atoms with Crippen LogP contribution in [0, 0.1) is 5.82 Å². The quantitative estimate of drug-likeness (QED) is 0.405. The van der Waals surface area contributed by atoms with E-state index in [1.165, 1.54) is 12.1 Å². The number of aromatic nitrogens is 1. The van der Waals surface area contributed by atoms with Crippen LogP contribution in [0.25, 0.3) is 0 Å². The number of hydrogen-bond acceptors (Lipinski definition) is 5. The first kappa shape index (κ1) is 22.3. The third kappa shape index (κ3) is 6.83. The van der Waals surface area contributed by atoms with Crippen molar-refractivity contribution in [1.29, 1.82) is 0 Å². The highest BCUT2D eigenvalue weighted by atomic mass is 35.5. The average Bonchev–Trinajstić information content (AvgIpc) is 2.65. The molecule has 2 aromatic rings. The van der Waals surface area contributed by atoms with Gasteiger partial charge in [0.05, 0.1) is 17.0 Å². The van der Waals surface area contributed by atoms with Crippen molar-refractivity contribution in [3.63, 3.8) is 0 Å². The summed E-state index contributed by atoms with van der Waals surface area (Å²) >= 11 is 5.65. The molecule has 0 atom stereocenters. The second-order valence-electron chi connectivity index (χ2n) is 5.69. The van der Waals surface area contributed by atoms with Crippen LogP contribution in [0.2, 0.25) is 5.02 Å². The molecule has 154 valence electrons. The van der Waals surface area contributed by atoms with Crippen LogP contribution in [0.15, 0.2) is 36.5 Å². The number of esters is 1. The molecule has 1 heterocycles. The summed E-state index contributed by atoms with van der Waals surface area (Å²) in [6.07, 6.45) is -4.67. The van der Waals surface area contributed by atoms with Crippen molar-refractivity contribution in [2.24, 2.45) is 0 Å². The van der Waals surface area contributed by atoms with E-state index in [9.17, 15) is 31.9 Å². The standard InChI is InChI=1S/C18H13ClF4N2O4/c19-13-7-11(18(21,22)23)8-24-17(13)25-15(27)9-29-16(28)6-5-14(26)10-1-3-12(20)4-2-10/h1-4,7-8H,5-6,9H2,(H,24,25,27). The number of benzene rings is 1. The van der Waals surface area contributed by atoms with E-state index in [1.54, 1.807) is 0 Å². The Labute approximate surface area is 166 Å². The second-order valence-corrected chi connectivity index (χ2v) is 6.10. The lowest BCUT2D eigenvalue weighted by molar-refractivity contribution is -0.147. The summed E-state index contributed by atoms with van der Waals surface area (Å²) in [5, 5.41) is 1.67. The van der Waals surface area contributed by atoms with Crippen LogP contribution in [0.3, 0.4) is 0 Å². The predicted octanol–water partition coefficient (Wildman–Crippen LogP) is 4.04. The van der Waals surface area contributed by atoms with Gasteiger partial charge in [-0.2, -0.15) is 13.2 Å².